The van der Waals surface area contributed by atoms with Crippen LogP contribution >= 0.6 is 11.8 Å². The van der Waals surface area contributed by atoms with Crippen LogP contribution in [-0.2, 0) is 9.59 Å². The number of nitrogens with zero attached hydrogens (tertiary/aromatic N) is 3. The smallest absolute Gasteiger partial charge is 0.327 e. The molecule has 158 valence electrons. The quantitative estimate of drug-likeness (QED) is 0.415. The molecule has 30 heavy (non-hydrogen) atoms. The molecule has 3 heterocycles. The number of aromatic nitrogens is 1. The number of carbonyl (C=O) groups excluding carboxylic acids is 1. The van der Waals surface area contributed by atoms with E-state index in [1.54, 1.807) is 45.9 Å². The van der Waals surface area contributed by atoms with Crippen molar-refractivity contribution in [2.45, 2.75) is 49.4 Å². The van der Waals surface area contributed by atoms with E-state index in [9.17, 15) is 24.8 Å². The number of β-lactam (4-membered cyclic amide) rings is 1. The average Bonchev–Trinajstić information content (AvgIpc) is 3.17. The SMILES string of the molecule is Cc1onc(-c2ccccc2[N+](=O)[O-])c1N[C@@]1(C)C(=O)N2[C@@H](C(=O)O)C(C)(C)S[C@@H]21. The molecule has 0 aliphatic carbocycles. The fourth-order valence-electron chi connectivity index (χ4n) is 4.13. The van der Waals surface area contributed by atoms with Crippen LogP contribution in [0.2, 0.25) is 0 Å². The molecule has 1 amide bonds. The fourth-order valence-corrected chi connectivity index (χ4v) is 5.78. The molecule has 2 aliphatic heterocycles. The monoisotopic (exact) mass is 432 g/mol. The van der Waals surface area contributed by atoms with Crippen LogP contribution in [0.4, 0.5) is 11.4 Å². The second-order valence-electron chi connectivity index (χ2n) is 8.09. The minimum atomic E-state index is -1.11. The van der Waals surface area contributed by atoms with Crippen LogP contribution in [0.3, 0.4) is 0 Å². The number of aryl methyl sites for hydroxylation is 1. The second-order valence-corrected chi connectivity index (χ2v) is 9.83. The molecule has 0 spiro atoms. The number of benzene rings is 1. The number of rotatable bonds is 5. The van der Waals surface area contributed by atoms with Crippen LogP contribution in [-0.4, -0.2) is 53.7 Å². The van der Waals surface area contributed by atoms with Crippen molar-refractivity contribution in [3.8, 4) is 11.3 Å². The van der Waals surface area contributed by atoms with Crippen LogP contribution < -0.4 is 5.32 Å². The lowest BCUT2D eigenvalue weighted by atomic mass is 9.85. The van der Waals surface area contributed by atoms with E-state index >= 15 is 0 Å². The molecular weight excluding hydrogens is 412 g/mol. The molecule has 0 bridgehead atoms. The highest BCUT2D eigenvalue weighted by atomic mass is 32.2. The van der Waals surface area contributed by atoms with E-state index in [1.807, 2.05) is 0 Å². The molecule has 2 N–H and O–H groups in total. The van der Waals surface area contributed by atoms with Gasteiger partial charge in [-0.2, -0.15) is 0 Å². The third kappa shape index (κ3) is 2.68. The summed E-state index contributed by atoms with van der Waals surface area (Å²) in [4.78, 5) is 37.1. The average molecular weight is 432 g/mol. The molecule has 0 radical (unpaired) electrons. The van der Waals surface area contributed by atoms with Gasteiger partial charge in [-0.1, -0.05) is 17.3 Å². The number of thioether (sulfide) groups is 1. The zero-order valence-electron chi connectivity index (χ0n) is 16.7. The lowest BCUT2D eigenvalue weighted by Gasteiger charge is -2.51. The number of aliphatic carboxylic acids is 1. The number of nitro groups is 1. The Bertz CT molecular complexity index is 1080. The van der Waals surface area contributed by atoms with Crippen molar-refractivity contribution >= 4 is 35.0 Å². The van der Waals surface area contributed by atoms with Crippen molar-refractivity contribution in [2.24, 2.45) is 0 Å². The first-order valence-electron chi connectivity index (χ1n) is 9.20. The van der Waals surface area contributed by atoms with Gasteiger partial charge in [0.15, 0.2) is 5.76 Å². The number of carboxylic acid groups (broad SMARTS) is 1. The number of amides is 1. The van der Waals surface area contributed by atoms with Gasteiger partial charge in [0.05, 0.1) is 10.5 Å². The van der Waals surface area contributed by atoms with Crippen molar-refractivity contribution in [3.05, 3.63) is 40.1 Å². The highest BCUT2D eigenvalue weighted by Gasteiger charge is 2.69. The number of para-hydroxylation sites is 1. The highest BCUT2D eigenvalue weighted by molar-refractivity contribution is 8.01. The molecule has 2 aliphatic rings. The van der Waals surface area contributed by atoms with Gasteiger partial charge in [-0.05, 0) is 33.8 Å². The molecule has 0 saturated carbocycles. The van der Waals surface area contributed by atoms with Crippen LogP contribution in [0, 0.1) is 17.0 Å². The van der Waals surface area contributed by atoms with E-state index < -0.39 is 32.6 Å². The van der Waals surface area contributed by atoms with E-state index in [-0.39, 0.29) is 22.9 Å². The number of hydrogen-bond donors (Lipinski definition) is 2. The Morgan fingerprint density at radius 1 is 1.37 bits per heavy atom. The van der Waals surface area contributed by atoms with Gasteiger partial charge in [-0.15, -0.1) is 11.8 Å². The molecular formula is C19H20N4O6S. The lowest BCUT2D eigenvalue weighted by Crippen LogP contribution is -2.75. The molecule has 0 unspecified atom stereocenters. The number of carboxylic acids is 1. The Kier molecular flexibility index (Phi) is 4.35. The zero-order valence-corrected chi connectivity index (χ0v) is 17.5. The number of fused-ring (bicyclic) bond motifs is 1. The molecule has 1 aromatic carbocycles. The van der Waals surface area contributed by atoms with E-state index in [0.29, 0.717) is 11.4 Å². The molecule has 3 atom stereocenters. The minimum absolute atomic E-state index is 0.136. The van der Waals surface area contributed by atoms with Gasteiger partial charge in [0.2, 0.25) is 0 Å². The van der Waals surface area contributed by atoms with Crippen molar-refractivity contribution in [2.75, 3.05) is 5.32 Å². The third-order valence-electron chi connectivity index (χ3n) is 5.61. The largest absolute Gasteiger partial charge is 0.480 e. The summed E-state index contributed by atoms with van der Waals surface area (Å²) >= 11 is 1.40. The number of carbonyl (C=O) groups is 2. The fraction of sp³-hybridized carbons (Fsp3) is 0.421. The topological polar surface area (TPSA) is 139 Å². The zero-order chi connectivity index (χ0) is 22.0. The highest BCUT2D eigenvalue weighted by Crippen LogP contribution is 2.56. The summed E-state index contributed by atoms with van der Waals surface area (Å²) in [6.07, 6.45) is 0. The van der Waals surface area contributed by atoms with Crippen LogP contribution in [0.15, 0.2) is 28.8 Å². The lowest BCUT2D eigenvalue weighted by molar-refractivity contribution is -0.384. The summed E-state index contributed by atoms with van der Waals surface area (Å²) in [5, 5.41) is 27.8. The molecule has 11 heteroatoms. The van der Waals surface area contributed by atoms with Crippen molar-refractivity contribution in [3.63, 3.8) is 0 Å². The Hall–Kier alpha value is -3.08. The first kappa shape index (κ1) is 20.2. The normalized spacial score (nSPS) is 26.8. The van der Waals surface area contributed by atoms with Gasteiger partial charge < -0.3 is 19.8 Å². The minimum Gasteiger partial charge on any atom is -0.480 e. The summed E-state index contributed by atoms with van der Waals surface area (Å²) in [7, 11) is 0. The maximum Gasteiger partial charge on any atom is 0.327 e. The van der Waals surface area contributed by atoms with Crippen molar-refractivity contribution < 1.29 is 24.1 Å². The molecule has 4 rings (SSSR count). The molecule has 10 nitrogen and oxygen atoms in total. The second kappa shape index (κ2) is 6.46. The molecule has 1 aromatic heterocycles. The van der Waals surface area contributed by atoms with Crippen LogP contribution in [0.1, 0.15) is 26.5 Å². The Balaban J connectivity index is 1.73. The predicted octanol–water partition coefficient (Wildman–Crippen LogP) is 2.88. The van der Waals surface area contributed by atoms with Crippen molar-refractivity contribution in [1.82, 2.24) is 10.1 Å². The summed E-state index contributed by atoms with van der Waals surface area (Å²) in [5.41, 5.74) is -0.387. The first-order valence-corrected chi connectivity index (χ1v) is 10.1. The number of hydrogen-bond acceptors (Lipinski definition) is 8. The van der Waals surface area contributed by atoms with Crippen LogP contribution in [0.5, 0.6) is 0 Å². The number of anilines is 1. The Labute approximate surface area is 175 Å². The van der Waals surface area contributed by atoms with Crippen molar-refractivity contribution in [1.29, 1.82) is 0 Å². The first-order chi connectivity index (χ1) is 14.0. The number of nitro benzene ring substituents is 1. The van der Waals surface area contributed by atoms with E-state index in [0.717, 1.165) is 0 Å². The van der Waals surface area contributed by atoms with E-state index in [4.69, 9.17) is 4.52 Å². The molecule has 2 fully saturated rings. The van der Waals surface area contributed by atoms with Gasteiger partial charge in [-0.3, -0.25) is 14.9 Å². The Morgan fingerprint density at radius 3 is 2.67 bits per heavy atom. The van der Waals surface area contributed by atoms with Crippen LogP contribution in [0.25, 0.3) is 11.3 Å². The predicted molar refractivity (Wildman–Crippen MR) is 109 cm³/mol. The van der Waals surface area contributed by atoms with Gasteiger partial charge in [0.25, 0.3) is 11.6 Å². The van der Waals surface area contributed by atoms with Gasteiger partial charge in [-0.25, -0.2) is 4.79 Å². The molecule has 2 aromatic rings. The van der Waals surface area contributed by atoms with E-state index in [2.05, 4.69) is 10.5 Å². The summed E-state index contributed by atoms with van der Waals surface area (Å²) < 4.78 is 4.61. The van der Waals surface area contributed by atoms with Gasteiger partial charge in [0.1, 0.15) is 28.3 Å². The molecule has 2 saturated heterocycles. The maximum atomic E-state index is 13.1. The van der Waals surface area contributed by atoms with Gasteiger partial charge >= 0.3 is 5.97 Å². The maximum absolute atomic E-state index is 13.1. The van der Waals surface area contributed by atoms with Gasteiger partial charge in [0, 0.05) is 10.8 Å². The Morgan fingerprint density at radius 2 is 2.03 bits per heavy atom. The number of nitrogens with one attached hydrogen (secondary N) is 1. The summed E-state index contributed by atoms with van der Waals surface area (Å²) in [6.45, 7) is 6.93. The summed E-state index contributed by atoms with van der Waals surface area (Å²) in [5.74, 6) is -1.04. The van der Waals surface area contributed by atoms with E-state index in [1.165, 1.54) is 22.7 Å². The summed E-state index contributed by atoms with van der Waals surface area (Å²) in [6, 6.07) is 5.20. The third-order valence-corrected chi connectivity index (χ3v) is 7.37. The standard InChI is InChI=1S/C19H20N4O6S/c1-9-12(13(21-29-9)10-7-5-6-8-11(10)23(27)28)20-19(4)16(26)22-14(15(24)25)18(2,3)30-17(19)22/h5-8,14,17,20H,1-4H3,(H,24,25)/t14-,17+,19-/m0/s1.